The first-order chi connectivity index (χ1) is 10.0. The second kappa shape index (κ2) is 4.67. The highest BCUT2D eigenvalue weighted by atomic mass is 19.1. The van der Waals surface area contributed by atoms with Crippen LogP contribution in [0.15, 0.2) is 6.33 Å². The van der Waals surface area contributed by atoms with Crippen molar-refractivity contribution in [3.05, 3.63) is 12.4 Å². The molecule has 3 heterocycles. The Labute approximate surface area is 121 Å². The van der Waals surface area contributed by atoms with Gasteiger partial charge in [-0.25, -0.2) is 4.98 Å². The van der Waals surface area contributed by atoms with Gasteiger partial charge in [0, 0.05) is 5.92 Å². The van der Waals surface area contributed by atoms with Crippen molar-refractivity contribution in [3.8, 4) is 12.3 Å². The molecule has 7 heteroatoms. The number of nitrogens with zero attached hydrogens (tertiary/aromatic N) is 4. The third-order valence-electron chi connectivity index (χ3n) is 4.20. The summed E-state index contributed by atoms with van der Waals surface area (Å²) in [4.78, 5) is 11.4. The van der Waals surface area contributed by atoms with Gasteiger partial charge in [0.05, 0.1) is 6.33 Å². The van der Waals surface area contributed by atoms with Gasteiger partial charge in [-0.05, 0) is 12.8 Å². The lowest BCUT2D eigenvalue weighted by molar-refractivity contribution is -0.0465. The number of anilines is 1. The first-order valence-corrected chi connectivity index (χ1v) is 6.82. The quantitative estimate of drug-likeness (QED) is 0.674. The number of hydrogen-bond acceptors (Lipinski definition) is 5. The third kappa shape index (κ3) is 1.94. The SMILES string of the molecule is C#C[C@]1(CC)O[C@@H](n2cnc3c(N)nc(F)nc32)C[C@@H]1C. The molecule has 0 saturated carbocycles. The minimum atomic E-state index is -0.883. The van der Waals surface area contributed by atoms with Gasteiger partial charge in [0.15, 0.2) is 17.0 Å². The van der Waals surface area contributed by atoms with Crippen molar-refractivity contribution in [1.29, 1.82) is 0 Å². The average molecular weight is 289 g/mol. The number of fused-ring (bicyclic) bond motifs is 1. The van der Waals surface area contributed by atoms with E-state index in [-0.39, 0.29) is 18.0 Å². The van der Waals surface area contributed by atoms with Crippen LogP contribution in [0.3, 0.4) is 0 Å². The molecule has 0 aromatic carbocycles. The summed E-state index contributed by atoms with van der Waals surface area (Å²) < 4.78 is 21.1. The fourth-order valence-corrected chi connectivity index (χ4v) is 2.90. The molecular weight excluding hydrogens is 273 g/mol. The molecule has 3 rings (SSSR count). The van der Waals surface area contributed by atoms with Gasteiger partial charge in [-0.15, -0.1) is 6.42 Å². The van der Waals surface area contributed by atoms with E-state index in [1.807, 2.05) is 13.8 Å². The topological polar surface area (TPSA) is 78.9 Å². The van der Waals surface area contributed by atoms with Gasteiger partial charge in [0.25, 0.3) is 0 Å². The highest BCUT2D eigenvalue weighted by Crippen LogP contribution is 2.43. The van der Waals surface area contributed by atoms with E-state index in [1.165, 1.54) is 6.33 Å². The van der Waals surface area contributed by atoms with Crippen LogP contribution in [0.1, 0.15) is 32.9 Å². The minimum Gasteiger partial charge on any atom is -0.382 e. The largest absolute Gasteiger partial charge is 0.382 e. The van der Waals surface area contributed by atoms with Crippen LogP contribution in [-0.4, -0.2) is 25.1 Å². The Kier molecular flexibility index (Phi) is 3.06. The van der Waals surface area contributed by atoms with Gasteiger partial charge in [-0.2, -0.15) is 14.4 Å². The molecule has 2 aromatic rings. The number of imidazole rings is 1. The maximum Gasteiger partial charge on any atom is 0.312 e. The van der Waals surface area contributed by atoms with Crippen LogP contribution in [0.25, 0.3) is 11.2 Å². The molecule has 1 saturated heterocycles. The Morgan fingerprint density at radius 3 is 3.00 bits per heavy atom. The summed E-state index contributed by atoms with van der Waals surface area (Å²) in [5.74, 6) is 2.95. The maximum atomic E-state index is 13.4. The Bertz CT molecular complexity index is 737. The van der Waals surface area contributed by atoms with Crippen LogP contribution in [0.4, 0.5) is 10.2 Å². The zero-order chi connectivity index (χ0) is 15.2. The number of nitrogen functional groups attached to an aromatic ring is 1. The molecule has 0 aliphatic carbocycles. The highest BCUT2D eigenvalue weighted by Gasteiger charge is 2.44. The lowest BCUT2D eigenvalue weighted by atomic mass is 9.87. The Balaban J connectivity index is 2.05. The third-order valence-corrected chi connectivity index (χ3v) is 4.20. The van der Waals surface area contributed by atoms with Crippen molar-refractivity contribution in [1.82, 2.24) is 19.5 Å². The Hall–Kier alpha value is -2.20. The van der Waals surface area contributed by atoms with Gasteiger partial charge >= 0.3 is 6.08 Å². The second-order valence-corrected chi connectivity index (χ2v) is 5.30. The van der Waals surface area contributed by atoms with E-state index in [4.69, 9.17) is 16.9 Å². The fraction of sp³-hybridized carbons (Fsp3) is 0.500. The van der Waals surface area contributed by atoms with Crippen molar-refractivity contribution >= 4 is 17.0 Å². The summed E-state index contributed by atoms with van der Waals surface area (Å²) in [6, 6.07) is 0. The lowest BCUT2D eigenvalue weighted by Gasteiger charge is -2.25. The number of aromatic nitrogens is 4. The lowest BCUT2D eigenvalue weighted by Crippen LogP contribution is -2.31. The number of rotatable bonds is 2. The first kappa shape index (κ1) is 13.8. The average Bonchev–Trinajstić information content (AvgIpc) is 3.00. The van der Waals surface area contributed by atoms with Crippen molar-refractivity contribution in [2.75, 3.05) is 5.73 Å². The van der Waals surface area contributed by atoms with Crippen LogP contribution >= 0.6 is 0 Å². The van der Waals surface area contributed by atoms with Gasteiger partial charge < -0.3 is 10.5 Å². The van der Waals surface area contributed by atoms with Crippen LogP contribution < -0.4 is 5.73 Å². The van der Waals surface area contributed by atoms with Crippen molar-refractivity contribution in [2.45, 2.75) is 38.5 Å². The van der Waals surface area contributed by atoms with Crippen molar-refractivity contribution in [2.24, 2.45) is 5.92 Å². The van der Waals surface area contributed by atoms with E-state index in [1.54, 1.807) is 4.57 Å². The monoisotopic (exact) mass is 289 g/mol. The minimum absolute atomic E-state index is 0.0148. The zero-order valence-electron chi connectivity index (χ0n) is 11.9. The van der Waals surface area contributed by atoms with E-state index >= 15 is 0 Å². The molecule has 6 nitrogen and oxygen atoms in total. The smallest absolute Gasteiger partial charge is 0.312 e. The molecule has 110 valence electrons. The number of hydrogen-bond donors (Lipinski definition) is 1. The summed E-state index contributed by atoms with van der Waals surface area (Å²) >= 11 is 0. The number of halogens is 1. The van der Waals surface area contributed by atoms with Gasteiger partial charge in [0.1, 0.15) is 11.8 Å². The Morgan fingerprint density at radius 1 is 1.62 bits per heavy atom. The summed E-state index contributed by atoms with van der Waals surface area (Å²) in [5.41, 5.74) is 5.73. The van der Waals surface area contributed by atoms with Crippen LogP contribution in [0.2, 0.25) is 0 Å². The molecule has 0 amide bonds. The summed E-state index contributed by atoms with van der Waals surface area (Å²) in [6.07, 6.45) is 7.37. The van der Waals surface area contributed by atoms with Crippen LogP contribution in [-0.2, 0) is 4.74 Å². The summed E-state index contributed by atoms with van der Waals surface area (Å²) in [6.45, 7) is 4.04. The van der Waals surface area contributed by atoms with E-state index in [0.29, 0.717) is 24.0 Å². The van der Waals surface area contributed by atoms with E-state index < -0.39 is 11.7 Å². The maximum absolute atomic E-state index is 13.4. The summed E-state index contributed by atoms with van der Waals surface area (Å²) in [5, 5.41) is 0. The number of terminal acetylenes is 1. The predicted molar refractivity (Wildman–Crippen MR) is 75.5 cm³/mol. The van der Waals surface area contributed by atoms with Crippen molar-refractivity contribution in [3.63, 3.8) is 0 Å². The molecule has 2 N–H and O–H groups in total. The molecule has 3 atom stereocenters. The standard InChI is InChI=1S/C14H16FN5O/c1-4-14(5-2)8(3)6-9(21-14)20-7-17-10-11(16)18-13(15)19-12(10)20/h1,7-9H,5-6H2,2-3H3,(H2,16,18,19)/t8-,9+,14+/m0/s1. The van der Waals surface area contributed by atoms with E-state index in [9.17, 15) is 4.39 Å². The number of ether oxygens (including phenoxy) is 1. The summed E-state index contributed by atoms with van der Waals surface area (Å²) in [7, 11) is 0. The zero-order valence-corrected chi connectivity index (χ0v) is 11.9. The number of nitrogens with two attached hydrogens (primary N) is 1. The van der Waals surface area contributed by atoms with E-state index in [2.05, 4.69) is 20.9 Å². The highest BCUT2D eigenvalue weighted by molar-refractivity contribution is 5.81. The molecule has 0 radical (unpaired) electrons. The molecular formula is C14H16FN5O. The molecule has 1 aliphatic heterocycles. The van der Waals surface area contributed by atoms with Gasteiger partial charge in [-0.3, -0.25) is 4.57 Å². The Morgan fingerprint density at radius 2 is 2.38 bits per heavy atom. The normalized spacial score (nSPS) is 28.9. The van der Waals surface area contributed by atoms with Crippen molar-refractivity contribution < 1.29 is 9.13 Å². The van der Waals surface area contributed by atoms with Gasteiger partial charge in [0.2, 0.25) is 0 Å². The molecule has 0 unspecified atom stereocenters. The van der Waals surface area contributed by atoms with E-state index in [0.717, 1.165) is 0 Å². The molecule has 1 aliphatic rings. The molecule has 1 fully saturated rings. The van der Waals surface area contributed by atoms with Gasteiger partial charge in [-0.1, -0.05) is 19.8 Å². The molecule has 0 spiro atoms. The van der Waals surface area contributed by atoms with Crippen LogP contribution in [0, 0.1) is 24.3 Å². The molecule has 21 heavy (non-hydrogen) atoms. The predicted octanol–water partition coefficient (Wildman–Crippen LogP) is 1.88. The molecule has 0 bridgehead atoms. The second-order valence-electron chi connectivity index (χ2n) is 5.30. The first-order valence-electron chi connectivity index (χ1n) is 6.82. The fourth-order valence-electron chi connectivity index (χ4n) is 2.90. The molecule has 2 aromatic heterocycles. The van der Waals surface area contributed by atoms with Crippen LogP contribution in [0.5, 0.6) is 0 Å².